The zero-order valence-corrected chi connectivity index (χ0v) is 11.0. The third kappa shape index (κ3) is 2.96. The van der Waals surface area contributed by atoms with Crippen molar-refractivity contribution in [1.29, 1.82) is 0 Å². The normalized spacial score (nSPS) is 13.5. The molecule has 0 radical (unpaired) electrons. The van der Waals surface area contributed by atoms with Crippen LogP contribution in [0.3, 0.4) is 0 Å². The highest BCUT2D eigenvalue weighted by Gasteiger charge is 2.34. The molecule has 0 spiro atoms. The molecule has 1 N–H and O–H groups in total. The van der Waals surface area contributed by atoms with E-state index >= 15 is 0 Å². The molecule has 0 bridgehead atoms. The number of halogens is 5. The predicted molar refractivity (Wildman–Crippen MR) is 66.0 cm³/mol. The van der Waals surface area contributed by atoms with Gasteiger partial charge < -0.3 is 9.73 Å². The third-order valence-electron chi connectivity index (χ3n) is 2.80. The molecule has 1 atom stereocenters. The standard InChI is InChI=1S/C13H10ClF4NO/c1-19-12(10-4-5-11(14)20-10)7-2-3-8(9(15)6-7)13(16,17)18/h2-6,12,19H,1H3. The van der Waals surface area contributed by atoms with E-state index in [2.05, 4.69) is 5.32 Å². The first-order chi connectivity index (χ1) is 9.32. The smallest absolute Gasteiger partial charge is 0.419 e. The fraction of sp³-hybridized carbons (Fsp3) is 0.231. The number of alkyl halides is 3. The highest BCUT2D eigenvalue weighted by molar-refractivity contribution is 6.28. The molecule has 1 aromatic heterocycles. The molecule has 0 aliphatic heterocycles. The van der Waals surface area contributed by atoms with Crippen LogP contribution in [0.1, 0.15) is 22.9 Å². The summed E-state index contributed by atoms with van der Waals surface area (Å²) in [6.07, 6.45) is -4.72. The van der Waals surface area contributed by atoms with Crippen LogP contribution < -0.4 is 5.32 Å². The largest absolute Gasteiger partial charge is 0.448 e. The molecule has 2 rings (SSSR count). The molecule has 2 aromatic rings. The van der Waals surface area contributed by atoms with E-state index in [-0.39, 0.29) is 5.22 Å². The van der Waals surface area contributed by atoms with Crippen LogP contribution in [0.25, 0.3) is 0 Å². The van der Waals surface area contributed by atoms with Crippen LogP contribution in [0, 0.1) is 5.82 Å². The maximum absolute atomic E-state index is 13.6. The topological polar surface area (TPSA) is 25.2 Å². The molecule has 0 aliphatic carbocycles. The molecule has 7 heteroatoms. The Labute approximate surface area is 117 Å². The van der Waals surface area contributed by atoms with Gasteiger partial charge in [-0.1, -0.05) is 6.07 Å². The van der Waals surface area contributed by atoms with Crippen LogP contribution in [0.2, 0.25) is 5.22 Å². The summed E-state index contributed by atoms with van der Waals surface area (Å²) in [7, 11) is 1.58. The van der Waals surface area contributed by atoms with E-state index in [1.54, 1.807) is 13.1 Å². The van der Waals surface area contributed by atoms with E-state index < -0.39 is 23.6 Å². The van der Waals surface area contributed by atoms with Gasteiger partial charge in [0.25, 0.3) is 0 Å². The Bertz CT molecular complexity index is 609. The van der Waals surface area contributed by atoms with Crippen molar-refractivity contribution in [1.82, 2.24) is 5.32 Å². The van der Waals surface area contributed by atoms with E-state index in [4.69, 9.17) is 16.0 Å². The van der Waals surface area contributed by atoms with Crippen LogP contribution in [-0.4, -0.2) is 7.05 Å². The summed E-state index contributed by atoms with van der Waals surface area (Å²) < 4.78 is 56.2. The van der Waals surface area contributed by atoms with Gasteiger partial charge in [0.1, 0.15) is 11.6 Å². The average Bonchev–Trinajstić information content (AvgIpc) is 2.75. The first-order valence-corrected chi connectivity index (χ1v) is 6.00. The van der Waals surface area contributed by atoms with Crippen molar-refractivity contribution in [3.05, 3.63) is 58.3 Å². The van der Waals surface area contributed by atoms with Crippen LogP contribution in [0.15, 0.2) is 34.7 Å². The Morgan fingerprint density at radius 2 is 1.90 bits per heavy atom. The second-order valence-electron chi connectivity index (χ2n) is 4.10. The minimum Gasteiger partial charge on any atom is -0.448 e. The SMILES string of the molecule is CNC(c1ccc(C(F)(F)F)c(F)c1)c1ccc(Cl)o1. The van der Waals surface area contributed by atoms with Crippen molar-refractivity contribution in [2.45, 2.75) is 12.2 Å². The van der Waals surface area contributed by atoms with Gasteiger partial charge in [0, 0.05) is 0 Å². The van der Waals surface area contributed by atoms with Crippen LogP contribution >= 0.6 is 11.6 Å². The van der Waals surface area contributed by atoms with Gasteiger partial charge >= 0.3 is 6.18 Å². The summed E-state index contributed by atoms with van der Waals surface area (Å²) in [6, 6.07) is 5.23. The fourth-order valence-electron chi connectivity index (χ4n) is 1.90. The molecule has 1 aromatic carbocycles. The Morgan fingerprint density at radius 3 is 2.35 bits per heavy atom. The lowest BCUT2D eigenvalue weighted by Crippen LogP contribution is -2.18. The highest BCUT2D eigenvalue weighted by atomic mass is 35.5. The molecule has 1 unspecified atom stereocenters. The van der Waals surface area contributed by atoms with E-state index in [0.29, 0.717) is 17.4 Å². The lowest BCUT2D eigenvalue weighted by Gasteiger charge is -2.16. The first-order valence-electron chi connectivity index (χ1n) is 5.62. The van der Waals surface area contributed by atoms with Crippen molar-refractivity contribution in [3.63, 3.8) is 0 Å². The summed E-state index contributed by atoms with van der Waals surface area (Å²) >= 11 is 5.65. The van der Waals surface area contributed by atoms with Crippen molar-refractivity contribution in [3.8, 4) is 0 Å². The van der Waals surface area contributed by atoms with Crippen molar-refractivity contribution in [2.75, 3.05) is 7.05 Å². The average molecular weight is 308 g/mol. The van der Waals surface area contributed by atoms with E-state index in [0.717, 1.165) is 6.07 Å². The maximum Gasteiger partial charge on any atom is 0.419 e. The Kier molecular flexibility index (Phi) is 4.06. The maximum atomic E-state index is 13.6. The lowest BCUT2D eigenvalue weighted by molar-refractivity contribution is -0.140. The predicted octanol–water partition coefficient (Wildman–Crippen LogP) is 4.40. The summed E-state index contributed by atoms with van der Waals surface area (Å²) in [4.78, 5) is 0. The number of benzene rings is 1. The van der Waals surface area contributed by atoms with E-state index in [1.165, 1.54) is 12.1 Å². The zero-order valence-electron chi connectivity index (χ0n) is 10.3. The lowest BCUT2D eigenvalue weighted by atomic mass is 10.0. The summed E-state index contributed by atoms with van der Waals surface area (Å²) in [5, 5.41) is 2.98. The van der Waals surface area contributed by atoms with E-state index in [1.807, 2.05) is 0 Å². The van der Waals surface area contributed by atoms with Crippen molar-refractivity contribution >= 4 is 11.6 Å². The molecule has 2 nitrogen and oxygen atoms in total. The zero-order chi connectivity index (χ0) is 14.9. The van der Waals surface area contributed by atoms with Gasteiger partial charge in [-0.3, -0.25) is 0 Å². The van der Waals surface area contributed by atoms with Gasteiger partial charge in [-0.15, -0.1) is 0 Å². The third-order valence-corrected chi connectivity index (χ3v) is 3.00. The molecule has 0 saturated carbocycles. The number of hydrogen-bond donors (Lipinski definition) is 1. The fourth-order valence-corrected chi connectivity index (χ4v) is 2.05. The van der Waals surface area contributed by atoms with Gasteiger partial charge in [-0.05, 0) is 48.5 Å². The molecule has 20 heavy (non-hydrogen) atoms. The number of furan rings is 1. The second kappa shape index (κ2) is 5.46. The Balaban J connectivity index is 2.39. The minimum atomic E-state index is -4.72. The molecule has 108 valence electrons. The monoisotopic (exact) mass is 307 g/mol. The Morgan fingerprint density at radius 1 is 1.20 bits per heavy atom. The van der Waals surface area contributed by atoms with Crippen molar-refractivity contribution in [2.24, 2.45) is 0 Å². The highest BCUT2D eigenvalue weighted by Crippen LogP contribution is 2.33. The molecule has 0 aliphatic rings. The van der Waals surface area contributed by atoms with Gasteiger partial charge in [0.05, 0.1) is 11.6 Å². The van der Waals surface area contributed by atoms with Crippen LogP contribution in [0.4, 0.5) is 17.6 Å². The summed E-state index contributed by atoms with van der Waals surface area (Å²) in [5.41, 5.74) is -0.988. The number of rotatable bonds is 3. The van der Waals surface area contributed by atoms with Gasteiger partial charge in [0.2, 0.25) is 0 Å². The van der Waals surface area contributed by atoms with Crippen LogP contribution in [-0.2, 0) is 6.18 Å². The molecule has 0 amide bonds. The number of nitrogens with one attached hydrogen (secondary N) is 1. The first kappa shape index (κ1) is 14.9. The second-order valence-corrected chi connectivity index (χ2v) is 4.47. The molecule has 0 fully saturated rings. The summed E-state index contributed by atoms with van der Waals surface area (Å²) in [6.45, 7) is 0. The van der Waals surface area contributed by atoms with Gasteiger partial charge in [0.15, 0.2) is 5.22 Å². The van der Waals surface area contributed by atoms with Gasteiger partial charge in [-0.25, -0.2) is 4.39 Å². The summed E-state index contributed by atoms with van der Waals surface area (Å²) in [5.74, 6) is -0.940. The Hall–Kier alpha value is -1.53. The molecule has 1 heterocycles. The number of hydrogen-bond acceptors (Lipinski definition) is 2. The van der Waals surface area contributed by atoms with Crippen molar-refractivity contribution < 1.29 is 22.0 Å². The molecular weight excluding hydrogens is 298 g/mol. The van der Waals surface area contributed by atoms with Crippen LogP contribution in [0.5, 0.6) is 0 Å². The molecule has 0 saturated heterocycles. The minimum absolute atomic E-state index is 0.146. The van der Waals surface area contributed by atoms with Gasteiger partial charge in [-0.2, -0.15) is 13.2 Å². The van der Waals surface area contributed by atoms with E-state index in [9.17, 15) is 17.6 Å². The molecular formula is C13H10ClF4NO. The quantitative estimate of drug-likeness (QED) is 0.850.